The van der Waals surface area contributed by atoms with E-state index in [9.17, 15) is 14.0 Å². The minimum absolute atomic E-state index is 0.112. The zero-order chi connectivity index (χ0) is 20.8. The van der Waals surface area contributed by atoms with E-state index in [-0.39, 0.29) is 23.3 Å². The van der Waals surface area contributed by atoms with Gasteiger partial charge in [-0.15, -0.1) is 10.2 Å². The third-order valence-electron chi connectivity index (χ3n) is 4.01. The van der Waals surface area contributed by atoms with Crippen LogP contribution in [0.25, 0.3) is 5.69 Å². The first-order valence-corrected chi connectivity index (χ1v) is 10.6. The summed E-state index contributed by atoms with van der Waals surface area (Å²) in [5, 5.41) is 11.8. The number of hydrogen-bond acceptors (Lipinski definition) is 5. The van der Waals surface area contributed by atoms with Crippen molar-refractivity contribution in [2.45, 2.75) is 18.5 Å². The van der Waals surface area contributed by atoms with Crippen LogP contribution in [-0.2, 0) is 11.2 Å². The molecule has 0 bridgehead atoms. The first-order valence-electron chi connectivity index (χ1n) is 8.80. The van der Waals surface area contributed by atoms with Gasteiger partial charge in [0.2, 0.25) is 5.91 Å². The minimum atomic E-state index is -0.381. The van der Waals surface area contributed by atoms with Gasteiger partial charge in [-0.05, 0) is 48.5 Å². The molecule has 0 atom stereocenters. The number of ketones is 1. The number of nitrogens with zero attached hydrogens (tertiary/aromatic N) is 3. The van der Waals surface area contributed by atoms with Crippen LogP contribution < -0.4 is 5.32 Å². The molecule has 1 amide bonds. The molecule has 0 spiro atoms. The van der Waals surface area contributed by atoms with Gasteiger partial charge in [0.1, 0.15) is 11.6 Å². The first kappa shape index (κ1) is 21.2. The van der Waals surface area contributed by atoms with E-state index in [1.807, 2.05) is 28.8 Å². The molecule has 0 unspecified atom stereocenters. The fourth-order valence-electron chi connectivity index (χ4n) is 2.60. The molecule has 150 valence electrons. The van der Waals surface area contributed by atoms with Crippen molar-refractivity contribution in [2.24, 2.45) is 0 Å². The molecule has 1 heterocycles. The third-order valence-corrected chi connectivity index (χ3v) is 5.46. The van der Waals surface area contributed by atoms with Gasteiger partial charge in [0, 0.05) is 35.6 Å². The lowest BCUT2D eigenvalue weighted by atomic mass is 10.1. The number of benzene rings is 2. The molecule has 0 aliphatic heterocycles. The van der Waals surface area contributed by atoms with E-state index < -0.39 is 0 Å². The molecular formula is C20H18BrFN4O2S. The van der Waals surface area contributed by atoms with E-state index in [0.717, 1.165) is 10.2 Å². The molecule has 1 N–H and O–H groups in total. The van der Waals surface area contributed by atoms with E-state index in [2.05, 4.69) is 31.4 Å². The summed E-state index contributed by atoms with van der Waals surface area (Å²) in [4.78, 5) is 23.6. The number of carbonyl (C=O) groups excluding carboxylic acids is 2. The predicted octanol–water partition coefficient (Wildman–Crippen LogP) is 3.82. The second-order valence-electron chi connectivity index (χ2n) is 6.16. The Bertz CT molecular complexity index is 1010. The van der Waals surface area contributed by atoms with Gasteiger partial charge in [-0.25, -0.2) is 4.39 Å². The molecule has 0 saturated heterocycles. The Hall–Kier alpha value is -2.52. The van der Waals surface area contributed by atoms with Crippen molar-refractivity contribution in [3.8, 4) is 5.69 Å². The van der Waals surface area contributed by atoms with Gasteiger partial charge in [0.15, 0.2) is 10.9 Å². The quantitative estimate of drug-likeness (QED) is 0.394. The number of hydrogen-bond donors (Lipinski definition) is 1. The molecule has 0 radical (unpaired) electrons. The van der Waals surface area contributed by atoms with Crippen LogP contribution in [0.2, 0.25) is 0 Å². The smallest absolute Gasteiger partial charge is 0.216 e. The Balaban J connectivity index is 1.80. The van der Waals surface area contributed by atoms with E-state index in [1.54, 1.807) is 0 Å². The molecule has 6 nitrogen and oxygen atoms in total. The van der Waals surface area contributed by atoms with Crippen LogP contribution in [0.3, 0.4) is 0 Å². The topological polar surface area (TPSA) is 76.9 Å². The number of halogens is 2. The Labute approximate surface area is 180 Å². The van der Waals surface area contributed by atoms with Crippen molar-refractivity contribution in [2.75, 3.05) is 12.3 Å². The molecule has 1 aromatic heterocycles. The molecule has 2 aromatic carbocycles. The van der Waals surface area contributed by atoms with Crippen LogP contribution in [0.5, 0.6) is 0 Å². The fraction of sp³-hybridized carbons (Fsp3) is 0.200. The van der Waals surface area contributed by atoms with Gasteiger partial charge in [0.05, 0.1) is 5.75 Å². The summed E-state index contributed by atoms with van der Waals surface area (Å²) in [6, 6.07) is 13.1. The molecule has 0 aliphatic rings. The zero-order valence-corrected chi connectivity index (χ0v) is 18.0. The lowest BCUT2D eigenvalue weighted by Crippen LogP contribution is -2.23. The SMILES string of the molecule is CC(=O)NCCc1nnc(SCC(=O)c2ccc(F)cc2)n1-c1ccc(Br)cc1. The molecular weight excluding hydrogens is 459 g/mol. The number of rotatable bonds is 8. The lowest BCUT2D eigenvalue weighted by molar-refractivity contribution is -0.118. The van der Waals surface area contributed by atoms with Crippen molar-refractivity contribution < 1.29 is 14.0 Å². The van der Waals surface area contributed by atoms with Gasteiger partial charge < -0.3 is 5.32 Å². The normalized spacial score (nSPS) is 10.7. The minimum Gasteiger partial charge on any atom is -0.356 e. The lowest BCUT2D eigenvalue weighted by Gasteiger charge is -2.10. The summed E-state index contributed by atoms with van der Waals surface area (Å²) >= 11 is 4.68. The number of carbonyl (C=O) groups is 2. The highest BCUT2D eigenvalue weighted by Gasteiger charge is 2.16. The van der Waals surface area contributed by atoms with Crippen molar-refractivity contribution in [1.29, 1.82) is 0 Å². The Morgan fingerprint density at radius 2 is 1.79 bits per heavy atom. The fourth-order valence-corrected chi connectivity index (χ4v) is 3.73. The van der Waals surface area contributed by atoms with Gasteiger partial charge in [0.25, 0.3) is 0 Å². The summed E-state index contributed by atoms with van der Waals surface area (Å²) in [6.45, 7) is 1.89. The number of amides is 1. The van der Waals surface area contributed by atoms with Crippen molar-refractivity contribution in [1.82, 2.24) is 20.1 Å². The highest BCUT2D eigenvalue weighted by atomic mass is 79.9. The Morgan fingerprint density at radius 3 is 2.45 bits per heavy atom. The molecule has 29 heavy (non-hydrogen) atoms. The van der Waals surface area contributed by atoms with Crippen LogP contribution >= 0.6 is 27.7 Å². The number of Topliss-reactive ketones (excluding diaryl/α,β-unsaturated/α-hetero) is 1. The molecule has 3 aromatic rings. The average molecular weight is 477 g/mol. The summed E-state index contributed by atoms with van der Waals surface area (Å²) in [5.74, 6) is 0.205. The second kappa shape index (κ2) is 9.80. The zero-order valence-electron chi connectivity index (χ0n) is 15.6. The van der Waals surface area contributed by atoms with Crippen LogP contribution in [0.1, 0.15) is 23.1 Å². The van der Waals surface area contributed by atoms with E-state index >= 15 is 0 Å². The molecule has 0 saturated carbocycles. The van der Waals surface area contributed by atoms with Gasteiger partial charge in [-0.1, -0.05) is 27.7 Å². The van der Waals surface area contributed by atoms with E-state index in [4.69, 9.17) is 0 Å². The van der Waals surface area contributed by atoms with Crippen LogP contribution in [0.4, 0.5) is 4.39 Å². The number of thioether (sulfide) groups is 1. The Kier molecular flexibility index (Phi) is 7.16. The van der Waals surface area contributed by atoms with Crippen molar-refractivity contribution in [3.63, 3.8) is 0 Å². The number of aromatic nitrogens is 3. The van der Waals surface area contributed by atoms with E-state index in [1.165, 1.54) is 43.0 Å². The summed E-state index contributed by atoms with van der Waals surface area (Å²) in [6.07, 6.45) is 0.495. The van der Waals surface area contributed by atoms with Gasteiger partial charge >= 0.3 is 0 Å². The maximum Gasteiger partial charge on any atom is 0.216 e. The second-order valence-corrected chi connectivity index (χ2v) is 8.02. The van der Waals surface area contributed by atoms with Crippen molar-refractivity contribution >= 4 is 39.4 Å². The van der Waals surface area contributed by atoms with Gasteiger partial charge in [-0.2, -0.15) is 0 Å². The highest BCUT2D eigenvalue weighted by molar-refractivity contribution is 9.10. The standard InChI is InChI=1S/C20H18BrFN4O2S/c1-13(27)23-11-10-19-24-25-20(26(19)17-8-4-15(21)5-9-17)29-12-18(28)14-2-6-16(22)7-3-14/h2-9H,10-12H2,1H3,(H,23,27). The third kappa shape index (κ3) is 5.74. The summed E-state index contributed by atoms with van der Waals surface area (Å²) in [7, 11) is 0. The first-order chi connectivity index (χ1) is 13.9. The summed E-state index contributed by atoms with van der Waals surface area (Å²) in [5.41, 5.74) is 1.30. The van der Waals surface area contributed by atoms with Crippen LogP contribution in [-0.4, -0.2) is 38.8 Å². The predicted molar refractivity (Wildman–Crippen MR) is 113 cm³/mol. The summed E-state index contributed by atoms with van der Waals surface area (Å²) < 4.78 is 15.9. The maximum absolute atomic E-state index is 13.1. The number of nitrogens with one attached hydrogen (secondary N) is 1. The Morgan fingerprint density at radius 1 is 1.10 bits per heavy atom. The molecule has 9 heteroatoms. The largest absolute Gasteiger partial charge is 0.356 e. The van der Waals surface area contributed by atoms with E-state index in [0.29, 0.717) is 29.5 Å². The highest BCUT2D eigenvalue weighted by Crippen LogP contribution is 2.24. The molecule has 3 rings (SSSR count). The maximum atomic E-state index is 13.1. The van der Waals surface area contributed by atoms with Crippen LogP contribution in [0.15, 0.2) is 58.2 Å². The van der Waals surface area contributed by atoms with Crippen molar-refractivity contribution in [3.05, 3.63) is 70.2 Å². The molecule has 0 aliphatic carbocycles. The monoisotopic (exact) mass is 476 g/mol. The average Bonchev–Trinajstić information content (AvgIpc) is 3.10. The molecule has 0 fully saturated rings. The van der Waals surface area contributed by atoms with Crippen LogP contribution in [0, 0.1) is 5.82 Å². The van der Waals surface area contributed by atoms with Gasteiger partial charge in [-0.3, -0.25) is 14.2 Å².